The molecule has 118 valence electrons. The predicted molar refractivity (Wildman–Crippen MR) is 82.2 cm³/mol. The van der Waals surface area contributed by atoms with E-state index in [0.29, 0.717) is 22.9 Å². The van der Waals surface area contributed by atoms with Crippen molar-refractivity contribution in [3.63, 3.8) is 0 Å². The number of ether oxygens (including phenoxy) is 3. The molecule has 0 aliphatic heterocycles. The molecule has 0 aromatic heterocycles. The number of amides is 1. The third-order valence-electron chi connectivity index (χ3n) is 3.49. The Balaban J connectivity index is 3.01. The lowest BCUT2D eigenvalue weighted by atomic mass is 9.99. The molecule has 0 aliphatic rings. The summed E-state index contributed by atoms with van der Waals surface area (Å²) in [5, 5.41) is 2.78. The summed E-state index contributed by atoms with van der Waals surface area (Å²) in [5.74, 6) is 1.29. The minimum absolute atomic E-state index is 0.104. The van der Waals surface area contributed by atoms with Crippen molar-refractivity contribution in [1.29, 1.82) is 0 Å². The Kier molecular flexibility index (Phi) is 6.30. The Bertz CT molecular complexity index is 466. The average molecular weight is 296 g/mol. The topological polar surface area (TPSA) is 82.8 Å². The second-order valence-corrected chi connectivity index (χ2v) is 4.81. The summed E-state index contributed by atoms with van der Waals surface area (Å²) < 4.78 is 15.7. The van der Waals surface area contributed by atoms with Gasteiger partial charge in [0, 0.05) is 17.8 Å². The van der Waals surface area contributed by atoms with Crippen molar-refractivity contribution < 1.29 is 19.0 Å². The van der Waals surface area contributed by atoms with Crippen LogP contribution in [-0.4, -0.2) is 33.3 Å². The Morgan fingerprint density at radius 1 is 1.19 bits per heavy atom. The minimum atomic E-state index is -0.561. The molecule has 1 aromatic rings. The molecule has 1 aromatic carbocycles. The summed E-state index contributed by atoms with van der Waals surface area (Å²) in [4.78, 5) is 12.1. The standard InChI is InChI=1S/C15H24N2O4/c1-6-9(2)13(16)15(18)17-10-7-11(19-3)14(21-5)12(8-10)20-4/h7-9,13H,6,16H2,1-5H3,(H,17,18). The number of nitrogens with one attached hydrogen (secondary N) is 1. The lowest BCUT2D eigenvalue weighted by Gasteiger charge is -2.19. The van der Waals surface area contributed by atoms with Gasteiger partial charge in [-0.1, -0.05) is 20.3 Å². The number of benzene rings is 1. The molecule has 0 bridgehead atoms. The van der Waals surface area contributed by atoms with Gasteiger partial charge in [0.1, 0.15) is 0 Å². The van der Waals surface area contributed by atoms with E-state index in [1.807, 2.05) is 13.8 Å². The number of methoxy groups -OCH3 is 3. The molecule has 6 heteroatoms. The number of nitrogens with two attached hydrogens (primary N) is 1. The summed E-state index contributed by atoms with van der Waals surface area (Å²) in [7, 11) is 4.57. The van der Waals surface area contributed by atoms with Gasteiger partial charge in [0.15, 0.2) is 11.5 Å². The zero-order valence-corrected chi connectivity index (χ0v) is 13.2. The molecular weight excluding hydrogens is 272 g/mol. The fourth-order valence-electron chi connectivity index (χ4n) is 1.89. The van der Waals surface area contributed by atoms with Gasteiger partial charge < -0.3 is 25.3 Å². The monoisotopic (exact) mass is 296 g/mol. The first-order chi connectivity index (χ1) is 9.98. The highest BCUT2D eigenvalue weighted by Crippen LogP contribution is 2.39. The van der Waals surface area contributed by atoms with Crippen LogP contribution in [-0.2, 0) is 4.79 Å². The zero-order chi connectivity index (χ0) is 16.0. The number of anilines is 1. The van der Waals surface area contributed by atoms with E-state index in [2.05, 4.69) is 5.32 Å². The Hall–Kier alpha value is -1.95. The van der Waals surface area contributed by atoms with E-state index in [1.54, 1.807) is 12.1 Å². The van der Waals surface area contributed by atoms with Gasteiger partial charge in [-0.2, -0.15) is 0 Å². The first kappa shape index (κ1) is 17.1. The molecule has 2 unspecified atom stereocenters. The molecule has 0 saturated heterocycles. The lowest BCUT2D eigenvalue weighted by Crippen LogP contribution is -2.40. The third kappa shape index (κ3) is 4.01. The van der Waals surface area contributed by atoms with Crippen molar-refractivity contribution in [2.45, 2.75) is 26.3 Å². The van der Waals surface area contributed by atoms with E-state index in [0.717, 1.165) is 6.42 Å². The fourth-order valence-corrected chi connectivity index (χ4v) is 1.89. The van der Waals surface area contributed by atoms with Crippen LogP contribution in [0.4, 0.5) is 5.69 Å². The second kappa shape index (κ2) is 7.73. The van der Waals surface area contributed by atoms with Crippen LogP contribution in [0.1, 0.15) is 20.3 Å². The predicted octanol–water partition coefficient (Wildman–Crippen LogP) is 2.02. The summed E-state index contributed by atoms with van der Waals surface area (Å²) in [5.41, 5.74) is 6.47. The summed E-state index contributed by atoms with van der Waals surface area (Å²) >= 11 is 0. The molecule has 2 atom stereocenters. The van der Waals surface area contributed by atoms with Crippen LogP contribution < -0.4 is 25.3 Å². The molecule has 3 N–H and O–H groups in total. The lowest BCUT2D eigenvalue weighted by molar-refractivity contribution is -0.118. The minimum Gasteiger partial charge on any atom is -0.493 e. The molecule has 1 rings (SSSR count). The Labute approximate surface area is 125 Å². The van der Waals surface area contributed by atoms with E-state index in [-0.39, 0.29) is 11.8 Å². The van der Waals surface area contributed by atoms with E-state index in [1.165, 1.54) is 21.3 Å². The molecule has 0 aliphatic carbocycles. The maximum absolute atomic E-state index is 12.1. The van der Waals surface area contributed by atoms with Crippen LogP contribution in [0.5, 0.6) is 17.2 Å². The first-order valence-corrected chi connectivity index (χ1v) is 6.84. The Morgan fingerprint density at radius 3 is 2.10 bits per heavy atom. The molecule has 6 nitrogen and oxygen atoms in total. The van der Waals surface area contributed by atoms with Crippen molar-refractivity contribution in [1.82, 2.24) is 0 Å². The maximum atomic E-state index is 12.1. The van der Waals surface area contributed by atoms with E-state index in [4.69, 9.17) is 19.9 Å². The Morgan fingerprint density at radius 2 is 1.71 bits per heavy atom. The van der Waals surface area contributed by atoms with E-state index in [9.17, 15) is 4.79 Å². The summed E-state index contributed by atoms with van der Waals surface area (Å²) in [6, 6.07) is 2.78. The number of rotatable bonds is 7. The summed E-state index contributed by atoms with van der Waals surface area (Å²) in [6.45, 7) is 3.94. The smallest absolute Gasteiger partial charge is 0.241 e. The van der Waals surface area contributed by atoms with Gasteiger partial charge in [0.2, 0.25) is 11.7 Å². The van der Waals surface area contributed by atoms with Crippen molar-refractivity contribution in [3.05, 3.63) is 12.1 Å². The van der Waals surface area contributed by atoms with Crippen LogP contribution in [0, 0.1) is 5.92 Å². The van der Waals surface area contributed by atoms with Gasteiger partial charge >= 0.3 is 0 Å². The number of hydrogen-bond donors (Lipinski definition) is 2. The number of hydrogen-bond acceptors (Lipinski definition) is 5. The highest BCUT2D eigenvalue weighted by Gasteiger charge is 2.21. The van der Waals surface area contributed by atoms with Crippen LogP contribution in [0.25, 0.3) is 0 Å². The molecule has 0 saturated carbocycles. The first-order valence-electron chi connectivity index (χ1n) is 6.84. The van der Waals surface area contributed by atoms with Crippen LogP contribution in [0.15, 0.2) is 12.1 Å². The number of carbonyl (C=O) groups excluding carboxylic acids is 1. The molecular formula is C15H24N2O4. The van der Waals surface area contributed by atoms with Gasteiger partial charge in [-0.05, 0) is 5.92 Å². The van der Waals surface area contributed by atoms with Crippen molar-refractivity contribution in [2.24, 2.45) is 11.7 Å². The SMILES string of the molecule is CCC(C)C(N)C(=O)Nc1cc(OC)c(OC)c(OC)c1. The van der Waals surface area contributed by atoms with Gasteiger partial charge in [-0.15, -0.1) is 0 Å². The molecule has 0 fully saturated rings. The third-order valence-corrected chi connectivity index (χ3v) is 3.49. The molecule has 0 radical (unpaired) electrons. The second-order valence-electron chi connectivity index (χ2n) is 4.81. The van der Waals surface area contributed by atoms with Crippen molar-refractivity contribution in [3.8, 4) is 17.2 Å². The quantitative estimate of drug-likeness (QED) is 0.804. The van der Waals surface area contributed by atoms with Gasteiger partial charge in [-0.3, -0.25) is 4.79 Å². The molecule has 0 heterocycles. The average Bonchev–Trinajstić information content (AvgIpc) is 2.51. The zero-order valence-electron chi connectivity index (χ0n) is 13.2. The maximum Gasteiger partial charge on any atom is 0.241 e. The number of carbonyl (C=O) groups is 1. The fraction of sp³-hybridized carbons (Fsp3) is 0.533. The van der Waals surface area contributed by atoms with Gasteiger partial charge in [0.25, 0.3) is 0 Å². The van der Waals surface area contributed by atoms with Crippen LogP contribution in [0.2, 0.25) is 0 Å². The summed E-state index contributed by atoms with van der Waals surface area (Å²) in [6.07, 6.45) is 0.837. The van der Waals surface area contributed by atoms with Gasteiger partial charge in [0.05, 0.1) is 27.4 Å². The van der Waals surface area contributed by atoms with E-state index >= 15 is 0 Å². The molecule has 1 amide bonds. The molecule has 21 heavy (non-hydrogen) atoms. The van der Waals surface area contributed by atoms with Crippen molar-refractivity contribution in [2.75, 3.05) is 26.6 Å². The largest absolute Gasteiger partial charge is 0.493 e. The van der Waals surface area contributed by atoms with Gasteiger partial charge in [-0.25, -0.2) is 0 Å². The normalized spacial score (nSPS) is 13.2. The highest BCUT2D eigenvalue weighted by atomic mass is 16.5. The van der Waals surface area contributed by atoms with E-state index < -0.39 is 6.04 Å². The van der Waals surface area contributed by atoms with Crippen molar-refractivity contribution >= 4 is 11.6 Å². The van der Waals surface area contributed by atoms with Crippen LogP contribution >= 0.6 is 0 Å². The highest BCUT2D eigenvalue weighted by molar-refractivity contribution is 5.95. The molecule has 0 spiro atoms. The van der Waals surface area contributed by atoms with Crippen LogP contribution in [0.3, 0.4) is 0 Å².